The molecule has 100 valence electrons. The fourth-order valence-electron chi connectivity index (χ4n) is 3.32. The monoisotopic (exact) mass is 242 g/mol. The Balaban J connectivity index is 1.83. The lowest BCUT2D eigenvalue weighted by molar-refractivity contribution is -0.0981. The summed E-state index contributed by atoms with van der Waals surface area (Å²) in [5.74, 6) is 0.740. The molecular weight excluding hydrogens is 216 g/mol. The molecule has 0 atom stereocenters. The van der Waals surface area contributed by atoms with Crippen molar-refractivity contribution in [1.29, 1.82) is 0 Å². The van der Waals surface area contributed by atoms with Crippen LogP contribution in [0.1, 0.15) is 25.7 Å². The molecule has 0 aromatic carbocycles. The second-order valence-corrected chi connectivity index (χ2v) is 5.58. The maximum atomic E-state index is 5.99. The van der Waals surface area contributed by atoms with Gasteiger partial charge < -0.3 is 15.2 Å². The maximum absolute atomic E-state index is 5.99. The zero-order chi connectivity index (χ0) is 12.3. The van der Waals surface area contributed by atoms with E-state index in [0.29, 0.717) is 6.10 Å². The molecule has 1 aliphatic carbocycles. The lowest BCUT2D eigenvalue weighted by Gasteiger charge is -2.55. The highest BCUT2D eigenvalue weighted by atomic mass is 16.5. The molecule has 0 amide bonds. The van der Waals surface area contributed by atoms with E-state index in [2.05, 4.69) is 4.90 Å². The van der Waals surface area contributed by atoms with Crippen LogP contribution >= 0.6 is 0 Å². The zero-order valence-corrected chi connectivity index (χ0v) is 11.2. The molecule has 1 aliphatic heterocycles. The van der Waals surface area contributed by atoms with E-state index in [9.17, 15) is 0 Å². The predicted octanol–water partition coefficient (Wildman–Crippen LogP) is 0.851. The van der Waals surface area contributed by atoms with E-state index in [-0.39, 0.29) is 5.54 Å². The first-order valence-corrected chi connectivity index (χ1v) is 6.71. The Morgan fingerprint density at radius 2 is 1.88 bits per heavy atom. The molecule has 0 aromatic rings. The minimum absolute atomic E-state index is 0.235. The van der Waals surface area contributed by atoms with Crippen molar-refractivity contribution in [3.8, 4) is 0 Å². The number of nitrogens with two attached hydrogens (primary N) is 1. The Morgan fingerprint density at radius 1 is 1.24 bits per heavy atom. The number of nitrogens with zero attached hydrogens (tertiary/aromatic N) is 1. The van der Waals surface area contributed by atoms with Gasteiger partial charge in [0.2, 0.25) is 0 Å². The topological polar surface area (TPSA) is 47.7 Å². The lowest BCUT2D eigenvalue weighted by atomic mass is 9.71. The van der Waals surface area contributed by atoms with Gasteiger partial charge in [-0.3, -0.25) is 4.90 Å². The Kier molecular flexibility index (Phi) is 4.42. The minimum Gasteiger partial charge on any atom is -0.384 e. The highest BCUT2D eigenvalue weighted by molar-refractivity contribution is 5.05. The Morgan fingerprint density at radius 3 is 2.35 bits per heavy atom. The van der Waals surface area contributed by atoms with Crippen LogP contribution in [0.25, 0.3) is 0 Å². The lowest BCUT2D eigenvalue weighted by Crippen LogP contribution is -2.65. The summed E-state index contributed by atoms with van der Waals surface area (Å²) in [4.78, 5) is 2.59. The van der Waals surface area contributed by atoms with Crippen LogP contribution < -0.4 is 5.73 Å². The molecule has 0 unspecified atom stereocenters. The summed E-state index contributed by atoms with van der Waals surface area (Å²) in [5, 5.41) is 0. The van der Waals surface area contributed by atoms with Crippen molar-refractivity contribution in [3.05, 3.63) is 0 Å². The van der Waals surface area contributed by atoms with Gasteiger partial charge in [-0.2, -0.15) is 0 Å². The molecule has 4 nitrogen and oxygen atoms in total. The largest absolute Gasteiger partial charge is 0.384 e. The first-order valence-electron chi connectivity index (χ1n) is 6.71. The second-order valence-electron chi connectivity index (χ2n) is 5.58. The highest BCUT2D eigenvalue weighted by Crippen LogP contribution is 2.40. The summed E-state index contributed by atoms with van der Waals surface area (Å²) in [7, 11) is 3.60. The Labute approximate surface area is 104 Å². The average Bonchev–Trinajstić information content (AvgIpc) is 2.31. The van der Waals surface area contributed by atoms with Crippen molar-refractivity contribution in [2.45, 2.75) is 37.3 Å². The first-order chi connectivity index (χ1) is 8.24. The molecule has 1 saturated carbocycles. The van der Waals surface area contributed by atoms with E-state index in [1.54, 1.807) is 14.2 Å². The molecule has 4 heteroatoms. The number of methoxy groups -OCH3 is 2. The van der Waals surface area contributed by atoms with Crippen molar-refractivity contribution in [1.82, 2.24) is 4.90 Å². The van der Waals surface area contributed by atoms with Crippen LogP contribution in [0, 0.1) is 5.92 Å². The molecule has 1 heterocycles. The van der Waals surface area contributed by atoms with Gasteiger partial charge in [-0.05, 0) is 44.7 Å². The Bertz CT molecular complexity index is 234. The van der Waals surface area contributed by atoms with Crippen molar-refractivity contribution < 1.29 is 9.47 Å². The second kappa shape index (κ2) is 5.65. The molecule has 0 spiro atoms. The van der Waals surface area contributed by atoms with Gasteiger partial charge in [0, 0.05) is 32.9 Å². The fraction of sp³-hybridized carbons (Fsp3) is 1.00. The SMILES string of the molecule is COCC1CCN(C2(CN)CC(OC)C2)CC1. The summed E-state index contributed by atoms with van der Waals surface area (Å²) in [6, 6.07) is 0. The third-order valence-electron chi connectivity index (χ3n) is 4.62. The van der Waals surface area contributed by atoms with Gasteiger partial charge in [-0.15, -0.1) is 0 Å². The smallest absolute Gasteiger partial charge is 0.0607 e. The molecule has 0 aromatic heterocycles. The van der Waals surface area contributed by atoms with Crippen LogP contribution in [0.4, 0.5) is 0 Å². The molecule has 2 N–H and O–H groups in total. The van der Waals surface area contributed by atoms with Gasteiger partial charge >= 0.3 is 0 Å². The molecule has 0 bridgehead atoms. The van der Waals surface area contributed by atoms with Crippen LogP contribution in [-0.4, -0.2) is 57.0 Å². The van der Waals surface area contributed by atoms with Gasteiger partial charge in [0.05, 0.1) is 6.10 Å². The van der Waals surface area contributed by atoms with Crippen molar-refractivity contribution in [2.24, 2.45) is 11.7 Å². The van der Waals surface area contributed by atoms with Crippen molar-refractivity contribution in [3.63, 3.8) is 0 Å². The highest BCUT2D eigenvalue weighted by Gasteiger charge is 2.48. The van der Waals surface area contributed by atoms with Gasteiger partial charge in [-0.25, -0.2) is 0 Å². The van der Waals surface area contributed by atoms with Gasteiger partial charge in [0.1, 0.15) is 0 Å². The summed E-state index contributed by atoms with van der Waals surface area (Å²) in [5.41, 5.74) is 6.22. The van der Waals surface area contributed by atoms with Crippen LogP contribution in [0.3, 0.4) is 0 Å². The van der Waals surface area contributed by atoms with Gasteiger partial charge in [0.25, 0.3) is 0 Å². The number of ether oxygens (including phenoxy) is 2. The van der Waals surface area contributed by atoms with Crippen LogP contribution in [0.15, 0.2) is 0 Å². The summed E-state index contributed by atoms with van der Waals surface area (Å²) in [6.07, 6.45) is 5.12. The third kappa shape index (κ3) is 2.65. The van der Waals surface area contributed by atoms with Crippen LogP contribution in [0.2, 0.25) is 0 Å². The Hall–Kier alpha value is -0.160. The van der Waals surface area contributed by atoms with E-state index >= 15 is 0 Å². The molecule has 2 fully saturated rings. The number of piperidine rings is 1. The maximum Gasteiger partial charge on any atom is 0.0607 e. The molecule has 2 rings (SSSR count). The standard InChI is InChI=1S/C13H26N2O2/c1-16-9-11-3-5-15(6-4-11)13(10-14)7-12(8-13)17-2/h11-12H,3-10,14H2,1-2H3. The van der Waals surface area contributed by atoms with Crippen LogP contribution in [-0.2, 0) is 9.47 Å². The number of rotatable bonds is 5. The number of likely N-dealkylation sites (tertiary alicyclic amines) is 1. The average molecular weight is 242 g/mol. The number of hydrogen-bond donors (Lipinski definition) is 1. The van der Waals surface area contributed by atoms with E-state index in [0.717, 1.165) is 31.9 Å². The van der Waals surface area contributed by atoms with Crippen molar-refractivity contribution in [2.75, 3.05) is 40.5 Å². The predicted molar refractivity (Wildman–Crippen MR) is 68.0 cm³/mol. The summed E-state index contributed by atoms with van der Waals surface area (Å²) < 4.78 is 10.6. The van der Waals surface area contributed by atoms with E-state index in [1.165, 1.54) is 25.9 Å². The van der Waals surface area contributed by atoms with E-state index in [1.807, 2.05) is 0 Å². The van der Waals surface area contributed by atoms with Gasteiger partial charge in [0.15, 0.2) is 0 Å². The summed E-state index contributed by atoms with van der Waals surface area (Å²) >= 11 is 0. The van der Waals surface area contributed by atoms with E-state index in [4.69, 9.17) is 15.2 Å². The molecule has 2 aliphatic rings. The third-order valence-corrected chi connectivity index (χ3v) is 4.62. The normalized spacial score (nSPS) is 35.8. The number of hydrogen-bond acceptors (Lipinski definition) is 4. The quantitative estimate of drug-likeness (QED) is 0.776. The zero-order valence-electron chi connectivity index (χ0n) is 11.2. The van der Waals surface area contributed by atoms with Crippen LogP contribution in [0.5, 0.6) is 0 Å². The first kappa shape index (κ1) is 13.3. The summed E-state index contributed by atoms with van der Waals surface area (Å²) in [6.45, 7) is 4.01. The molecule has 0 radical (unpaired) electrons. The molecule has 17 heavy (non-hydrogen) atoms. The minimum atomic E-state index is 0.235. The molecule has 1 saturated heterocycles. The molecular formula is C13H26N2O2. The van der Waals surface area contributed by atoms with Crippen molar-refractivity contribution >= 4 is 0 Å². The van der Waals surface area contributed by atoms with Gasteiger partial charge in [-0.1, -0.05) is 0 Å². The fourth-order valence-corrected chi connectivity index (χ4v) is 3.32. The van der Waals surface area contributed by atoms with E-state index < -0.39 is 0 Å².